The van der Waals surface area contributed by atoms with Crippen molar-refractivity contribution in [1.29, 1.82) is 0 Å². The number of benzene rings is 2. The van der Waals surface area contributed by atoms with Gasteiger partial charge in [0.2, 0.25) is 0 Å². The summed E-state index contributed by atoms with van der Waals surface area (Å²) < 4.78 is 13.4. The molecule has 21 heavy (non-hydrogen) atoms. The highest BCUT2D eigenvalue weighted by Gasteiger charge is 2.08. The Morgan fingerprint density at radius 2 is 1.81 bits per heavy atom. The number of anilines is 1. The number of halogens is 1. The number of hydrogen-bond donors (Lipinski definition) is 3. The van der Waals surface area contributed by atoms with Gasteiger partial charge in [-0.25, -0.2) is 4.39 Å². The Hall–Kier alpha value is -2.89. The van der Waals surface area contributed by atoms with Crippen molar-refractivity contribution in [2.24, 2.45) is 10.9 Å². The van der Waals surface area contributed by atoms with Crippen molar-refractivity contribution in [1.82, 2.24) is 0 Å². The summed E-state index contributed by atoms with van der Waals surface area (Å²) in [6.45, 7) is 1.65. The van der Waals surface area contributed by atoms with Gasteiger partial charge in [-0.15, -0.1) is 0 Å². The van der Waals surface area contributed by atoms with Gasteiger partial charge < -0.3 is 16.3 Å². The number of aryl methyl sites for hydroxylation is 1. The molecule has 0 aliphatic rings. The summed E-state index contributed by atoms with van der Waals surface area (Å²) in [7, 11) is 0. The third-order valence-electron chi connectivity index (χ3n) is 2.98. The van der Waals surface area contributed by atoms with E-state index in [1.54, 1.807) is 31.2 Å². The quantitative estimate of drug-likeness (QED) is 0.351. The first kappa shape index (κ1) is 14.5. The zero-order valence-corrected chi connectivity index (χ0v) is 11.3. The van der Waals surface area contributed by atoms with Crippen molar-refractivity contribution in [3.05, 3.63) is 65.0 Å². The maximum Gasteiger partial charge on any atom is 0.255 e. The molecule has 0 saturated carbocycles. The maximum absolute atomic E-state index is 13.4. The Morgan fingerprint density at radius 1 is 1.19 bits per heavy atom. The predicted octanol–water partition coefficient (Wildman–Crippen LogP) is 2.48. The summed E-state index contributed by atoms with van der Waals surface area (Å²) in [5.41, 5.74) is 7.20. The van der Waals surface area contributed by atoms with Crippen molar-refractivity contribution in [2.75, 3.05) is 5.32 Å². The highest BCUT2D eigenvalue weighted by Crippen LogP contribution is 2.15. The summed E-state index contributed by atoms with van der Waals surface area (Å²) in [5, 5.41) is 14.0. The minimum atomic E-state index is -0.380. The average molecular weight is 287 g/mol. The SMILES string of the molecule is Cc1ccc(NC(=O)c2ccc(/C(N)=N/O)cc2)cc1F. The molecule has 0 radical (unpaired) electrons. The molecule has 2 aromatic rings. The van der Waals surface area contributed by atoms with Crippen molar-refractivity contribution in [3.63, 3.8) is 0 Å². The predicted molar refractivity (Wildman–Crippen MR) is 78.0 cm³/mol. The minimum absolute atomic E-state index is 0.0393. The van der Waals surface area contributed by atoms with Gasteiger partial charge in [-0.3, -0.25) is 4.79 Å². The molecule has 0 spiro atoms. The average Bonchev–Trinajstić information content (AvgIpc) is 2.50. The standard InChI is InChI=1S/C15H14FN3O2/c1-9-2-7-12(8-13(9)16)18-15(20)11-5-3-10(4-6-11)14(17)19-21/h2-8,21H,1H3,(H2,17,19)(H,18,20). The van der Waals surface area contributed by atoms with Gasteiger partial charge >= 0.3 is 0 Å². The maximum atomic E-state index is 13.4. The second-order valence-electron chi connectivity index (χ2n) is 4.48. The Kier molecular flexibility index (Phi) is 4.18. The number of nitrogens with one attached hydrogen (secondary N) is 1. The van der Waals surface area contributed by atoms with Crippen LogP contribution in [0.1, 0.15) is 21.5 Å². The molecule has 0 atom stereocenters. The first-order valence-corrected chi connectivity index (χ1v) is 6.16. The van der Waals surface area contributed by atoms with E-state index in [1.807, 2.05) is 0 Å². The molecule has 0 heterocycles. The van der Waals surface area contributed by atoms with E-state index >= 15 is 0 Å². The number of carbonyl (C=O) groups is 1. The molecule has 2 aromatic carbocycles. The Labute approximate surface area is 120 Å². The van der Waals surface area contributed by atoms with E-state index in [1.165, 1.54) is 18.2 Å². The van der Waals surface area contributed by atoms with E-state index in [4.69, 9.17) is 10.9 Å². The molecule has 1 amide bonds. The van der Waals surface area contributed by atoms with Crippen LogP contribution in [0.4, 0.5) is 10.1 Å². The van der Waals surface area contributed by atoms with Gasteiger partial charge in [0, 0.05) is 16.8 Å². The number of oxime groups is 1. The molecule has 2 rings (SSSR count). The zero-order chi connectivity index (χ0) is 15.4. The number of carbonyl (C=O) groups excluding carboxylic acids is 1. The fraction of sp³-hybridized carbons (Fsp3) is 0.0667. The number of amidine groups is 1. The van der Waals surface area contributed by atoms with Gasteiger partial charge in [0.05, 0.1) is 0 Å². The van der Waals surface area contributed by atoms with E-state index in [9.17, 15) is 9.18 Å². The summed E-state index contributed by atoms with van der Waals surface area (Å²) in [6.07, 6.45) is 0. The molecule has 4 N–H and O–H groups in total. The molecule has 0 fully saturated rings. The lowest BCUT2D eigenvalue weighted by atomic mass is 10.1. The van der Waals surface area contributed by atoms with Gasteiger partial charge in [-0.05, 0) is 36.8 Å². The lowest BCUT2D eigenvalue weighted by Gasteiger charge is -2.07. The third kappa shape index (κ3) is 3.36. The summed E-state index contributed by atoms with van der Waals surface area (Å²) in [4.78, 5) is 12.0. The normalized spacial score (nSPS) is 11.2. The van der Waals surface area contributed by atoms with Gasteiger partial charge in [-0.1, -0.05) is 23.4 Å². The van der Waals surface area contributed by atoms with E-state index in [0.29, 0.717) is 22.4 Å². The topological polar surface area (TPSA) is 87.7 Å². The van der Waals surface area contributed by atoms with Crippen LogP contribution in [0.5, 0.6) is 0 Å². The van der Waals surface area contributed by atoms with Gasteiger partial charge in [0.25, 0.3) is 5.91 Å². The fourth-order valence-corrected chi connectivity index (χ4v) is 1.72. The largest absolute Gasteiger partial charge is 0.409 e. The van der Waals surface area contributed by atoms with Crippen LogP contribution >= 0.6 is 0 Å². The van der Waals surface area contributed by atoms with Crippen LogP contribution in [0.15, 0.2) is 47.6 Å². The molecular formula is C15H14FN3O2. The van der Waals surface area contributed by atoms with Crippen LogP contribution in [0, 0.1) is 12.7 Å². The first-order chi connectivity index (χ1) is 10.0. The molecule has 108 valence electrons. The van der Waals surface area contributed by atoms with Gasteiger partial charge in [0.1, 0.15) is 5.82 Å². The van der Waals surface area contributed by atoms with E-state index < -0.39 is 0 Å². The molecular weight excluding hydrogens is 273 g/mol. The van der Waals surface area contributed by atoms with Crippen LogP contribution in [0.25, 0.3) is 0 Å². The molecule has 0 saturated heterocycles. The fourth-order valence-electron chi connectivity index (χ4n) is 1.72. The Bertz CT molecular complexity index is 697. The van der Waals surface area contributed by atoms with Crippen LogP contribution < -0.4 is 11.1 Å². The highest BCUT2D eigenvalue weighted by molar-refractivity contribution is 6.05. The molecule has 0 aromatic heterocycles. The molecule has 0 aliphatic heterocycles. The Morgan fingerprint density at radius 3 is 2.38 bits per heavy atom. The number of amides is 1. The molecule has 0 bridgehead atoms. The molecule has 6 heteroatoms. The van der Waals surface area contributed by atoms with Crippen molar-refractivity contribution >= 4 is 17.4 Å². The van der Waals surface area contributed by atoms with Crippen molar-refractivity contribution < 1.29 is 14.4 Å². The van der Waals surface area contributed by atoms with Crippen LogP contribution in [0.2, 0.25) is 0 Å². The van der Waals surface area contributed by atoms with Crippen LogP contribution in [-0.4, -0.2) is 17.0 Å². The molecule has 0 aliphatic carbocycles. The van der Waals surface area contributed by atoms with Gasteiger partial charge in [0.15, 0.2) is 5.84 Å². The van der Waals surface area contributed by atoms with Crippen LogP contribution in [-0.2, 0) is 0 Å². The zero-order valence-electron chi connectivity index (χ0n) is 11.3. The van der Waals surface area contributed by atoms with Crippen molar-refractivity contribution in [2.45, 2.75) is 6.92 Å². The summed E-state index contributed by atoms with van der Waals surface area (Å²) >= 11 is 0. The van der Waals surface area contributed by atoms with E-state index in [2.05, 4.69) is 10.5 Å². The third-order valence-corrected chi connectivity index (χ3v) is 2.98. The number of hydrogen-bond acceptors (Lipinski definition) is 3. The second-order valence-corrected chi connectivity index (χ2v) is 4.48. The lowest BCUT2D eigenvalue weighted by Crippen LogP contribution is -2.15. The van der Waals surface area contributed by atoms with Crippen molar-refractivity contribution in [3.8, 4) is 0 Å². The smallest absolute Gasteiger partial charge is 0.255 e. The van der Waals surface area contributed by atoms with E-state index in [0.717, 1.165) is 0 Å². The molecule has 5 nitrogen and oxygen atoms in total. The second kappa shape index (κ2) is 6.04. The molecule has 0 unspecified atom stereocenters. The minimum Gasteiger partial charge on any atom is -0.409 e. The highest BCUT2D eigenvalue weighted by atomic mass is 19.1. The van der Waals surface area contributed by atoms with Gasteiger partial charge in [-0.2, -0.15) is 0 Å². The Balaban J connectivity index is 2.14. The van der Waals surface area contributed by atoms with Crippen LogP contribution in [0.3, 0.4) is 0 Å². The van der Waals surface area contributed by atoms with E-state index in [-0.39, 0.29) is 17.6 Å². The number of nitrogens with zero attached hydrogens (tertiary/aromatic N) is 1. The lowest BCUT2D eigenvalue weighted by molar-refractivity contribution is 0.102. The summed E-state index contributed by atoms with van der Waals surface area (Å²) in [5.74, 6) is -0.790. The summed E-state index contributed by atoms with van der Waals surface area (Å²) in [6, 6.07) is 10.7. The monoisotopic (exact) mass is 287 g/mol. The first-order valence-electron chi connectivity index (χ1n) is 6.16. The number of rotatable bonds is 3. The number of nitrogens with two attached hydrogens (primary N) is 1.